The van der Waals surface area contributed by atoms with Gasteiger partial charge in [-0.3, -0.25) is 0 Å². The Kier molecular flexibility index (Phi) is 7.84. The van der Waals surface area contributed by atoms with E-state index in [1.165, 1.54) is 11.3 Å². The van der Waals surface area contributed by atoms with E-state index in [1.54, 1.807) is 0 Å². The quantitative estimate of drug-likeness (QED) is 0.334. The molecule has 0 N–H and O–H groups in total. The molecule has 3 aromatic rings. The van der Waals surface area contributed by atoms with Gasteiger partial charge in [0.1, 0.15) is 0 Å². The van der Waals surface area contributed by atoms with E-state index in [0.29, 0.717) is 0 Å². The topological polar surface area (TPSA) is 52.7 Å². The monoisotopic (exact) mass is 399 g/mol. The molecule has 0 amide bonds. The second-order valence-corrected chi connectivity index (χ2v) is 7.02. The second-order valence-electron chi connectivity index (χ2n) is 7.02. The molecule has 0 heterocycles. The molecule has 3 rings (SSSR count). The number of azo groups is 2. The van der Waals surface area contributed by atoms with Gasteiger partial charge in [0.15, 0.2) is 0 Å². The highest BCUT2D eigenvalue weighted by atomic mass is 15.1. The van der Waals surface area contributed by atoms with Crippen LogP contribution in [-0.2, 0) is 6.42 Å². The molecule has 0 aliphatic carbocycles. The molecule has 0 spiro atoms. The molecule has 0 saturated carbocycles. The van der Waals surface area contributed by atoms with Crippen molar-refractivity contribution in [2.75, 3.05) is 18.0 Å². The van der Waals surface area contributed by atoms with Gasteiger partial charge >= 0.3 is 0 Å². The van der Waals surface area contributed by atoms with Crippen LogP contribution < -0.4 is 4.90 Å². The predicted octanol–water partition coefficient (Wildman–Crippen LogP) is 8.32. The summed E-state index contributed by atoms with van der Waals surface area (Å²) in [7, 11) is 0. The molecule has 0 unspecified atom stereocenters. The van der Waals surface area contributed by atoms with Crippen LogP contribution in [0.15, 0.2) is 93.3 Å². The van der Waals surface area contributed by atoms with Gasteiger partial charge in [-0.1, -0.05) is 25.5 Å². The summed E-state index contributed by atoms with van der Waals surface area (Å²) in [5, 5.41) is 17.3. The Morgan fingerprint density at radius 1 is 0.533 bits per heavy atom. The number of hydrogen-bond donors (Lipinski definition) is 0. The largest absolute Gasteiger partial charge is 0.372 e. The molecule has 0 bridgehead atoms. The summed E-state index contributed by atoms with van der Waals surface area (Å²) in [5.41, 5.74) is 5.79. The molecule has 0 aliphatic rings. The van der Waals surface area contributed by atoms with Crippen LogP contribution in [0.3, 0.4) is 0 Å². The van der Waals surface area contributed by atoms with Crippen LogP contribution >= 0.6 is 0 Å². The third-order valence-electron chi connectivity index (χ3n) is 4.86. The second kappa shape index (κ2) is 11.0. The summed E-state index contributed by atoms with van der Waals surface area (Å²) < 4.78 is 0. The van der Waals surface area contributed by atoms with Crippen LogP contribution in [0.4, 0.5) is 28.4 Å². The van der Waals surface area contributed by atoms with E-state index in [4.69, 9.17) is 0 Å². The van der Waals surface area contributed by atoms with Gasteiger partial charge in [0, 0.05) is 18.8 Å². The first kappa shape index (κ1) is 21.4. The molecule has 3 aromatic carbocycles. The fourth-order valence-corrected chi connectivity index (χ4v) is 3.15. The maximum absolute atomic E-state index is 4.33. The fraction of sp³-hybridized carbons (Fsp3) is 0.280. The number of anilines is 1. The first-order valence-corrected chi connectivity index (χ1v) is 10.6. The minimum Gasteiger partial charge on any atom is -0.372 e. The molecule has 0 radical (unpaired) electrons. The van der Waals surface area contributed by atoms with Crippen molar-refractivity contribution in [3.8, 4) is 0 Å². The summed E-state index contributed by atoms with van der Waals surface area (Å²) in [5.74, 6) is 0. The van der Waals surface area contributed by atoms with E-state index in [0.717, 1.165) is 48.7 Å². The van der Waals surface area contributed by atoms with Crippen molar-refractivity contribution in [2.24, 2.45) is 20.5 Å². The van der Waals surface area contributed by atoms with Gasteiger partial charge in [-0.05, 0) is 86.5 Å². The Hall–Kier alpha value is -3.34. The van der Waals surface area contributed by atoms with Crippen molar-refractivity contribution in [1.29, 1.82) is 0 Å². The third-order valence-corrected chi connectivity index (χ3v) is 4.86. The van der Waals surface area contributed by atoms with Crippen molar-refractivity contribution in [3.05, 3.63) is 78.4 Å². The molecule has 0 atom stereocenters. The molecule has 0 saturated heterocycles. The fourth-order valence-electron chi connectivity index (χ4n) is 3.15. The summed E-state index contributed by atoms with van der Waals surface area (Å²) in [6.45, 7) is 8.48. The lowest BCUT2D eigenvalue weighted by Gasteiger charge is -2.20. The minimum absolute atomic E-state index is 0.783. The van der Waals surface area contributed by atoms with Crippen LogP contribution in [0.25, 0.3) is 0 Å². The molecule has 0 aromatic heterocycles. The van der Waals surface area contributed by atoms with Crippen molar-refractivity contribution < 1.29 is 0 Å². The van der Waals surface area contributed by atoms with Crippen LogP contribution in [0.5, 0.6) is 0 Å². The number of nitrogens with zero attached hydrogens (tertiary/aromatic N) is 5. The van der Waals surface area contributed by atoms with E-state index in [2.05, 4.69) is 70.4 Å². The summed E-state index contributed by atoms with van der Waals surface area (Å²) in [6, 6.07) is 24.0. The maximum Gasteiger partial charge on any atom is 0.0858 e. The van der Waals surface area contributed by atoms with Crippen molar-refractivity contribution in [1.82, 2.24) is 0 Å². The Morgan fingerprint density at radius 3 is 1.27 bits per heavy atom. The van der Waals surface area contributed by atoms with Gasteiger partial charge in [0.25, 0.3) is 0 Å². The maximum atomic E-state index is 4.33. The average Bonchev–Trinajstić information content (AvgIpc) is 2.80. The van der Waals surface area contributed by atoms with E-state index >= 15 is 0 Å². The van der Waals surface area contributed by atoms with Crippen LogP contribution in [-0.4, -0.2) is 13.1 Å². The third kappa shape index (κ3) is 6.08. The molecule has 5 heteroatoms. The van der Waals surface area contributed by atoms with Gasteiger partial charge in [-0.2, -0.15) is 20.5 Å². The SMILES string of the molecule is CCCc1ccc(N=Nc2ccc(N=Nc3ccc(N(CC)CC)cc3)cc2)cc1. The number of rotatable bonds is 9. The number of aryl methyl sites for hydroxylation is 1. The first-order chi connectivity index (χ1) is 14.7. The smallest absolute Gasteiger partial charge is 0.0858 e. The summed E-state index contributed by atoms with van der Waals surface area (Å²) in [6.07, 6.45) is 2.24. The van der Waals surface area contributed by atoms with E-state index < -0.39 is 0 Å². The predicted molar refractivity (Wildman–Crippen MR) is 125 cm³/mol. The first-order valence-electron chi connectivity index (χ1n) is 10.6. The highest BCUT2D eigenvalue weighted by Gasteiger charge is 2.01. The zero-order valence-corrected chi connectivity index (χ0v) is 18.0. The van der Waals surface area contributed by atoms with Gasteiger partial charge in [-0.25, -0.2) is 0 Å². The Bertz CT molecular complexity index is 954. The normalized spacial score (nSPS) is 11.4. The Labute approximate surface area is 179 Å². The van der Waals surface area contributed by atoms with E-state index in [1.807, 2.05) is 48.5 Å². The molecular formula is C25H29N5. The minimum atomic E-state index is 0.783. The lowest BCUT2D eigenvalue weighted by Crippen LogP contribution is -2.21. The molecule has 30 heavy (non-hydrogen) atoms. The van der Waals surface area contributed by atoms with E-state index in [-0.39, 0.29) is 0 Å². The molecule has 0 aliphatic heterocycles. The van der Waals surface area contributed by atoms with Gasteiger partial charge in [0.2, 0.25) is 0 Å². The van der Waals surface area contributed by atoms with Crippen LogP contribution in [0, 0.1) is 0 Å². The average molecular weight is 400 g/mol. The number of hydrogen-bond acceptors (Lipinski definition) is 5. The van der Waals surface area contributed by atoms with E-state index in [9.17, 15) is 0 Å². The van der Waals surface area contributed by atoms with Gasteiger partial charge < -0.3 is 4.90 Å². The van der Waals surface area contributed by atoms with Gasteiger partial charge in [-0.15, -0.1) is 0 Å². The van der Waals surface area contributed by atoms with Gasteiger partial charge in [0.05, 0.1) is 22.7 Å². The highest BCUT2D eigenvalue weighted by molar-refractivity contribution is 5.53. The van der Waals surface area contributed by atoms with Crippen LogP contribution in [0.2, 0.25) is 0 Å². The van der Waals surface area contributed by atoms with Crippen molar-refractivity contribution in [3.63, 3.8) is 0 Å². The highest BCUT2D eigenvalue weighted by Crippen LogP contribution is 2.25. The molecule has 5 nitrogen and oxygen atoms in total. The standard InChI is InChI=1S/C25H29N5/c1-4-7-20-8-10-21(11-9-20)26-27-22-12-14-23(15-13-22)28-29-24-16-18-25(19-17-24)30(5-2)6-3/h8-19H,4-7H2,1-3H3. The van der Waals surface area contributed by atoms with Crippen molar-refractivity contribution in [2.45, 2.75) is 33.6 Å². The zero-order valence-electron chi connectivity index (χ0n) is 18.0. The molecule has 0 fully saturated rings. The number of benzene rings is 3. The van der Waals surface area contributed by atoms with Crippen molar-refractivity contribution >= 4 is 28.4 Å². The zero-order chi connectivity index (χ0) is 21.2. The Balaban J connectivity index is 1.60. The summed E-state index contributed by atoms with van der Waals surface area (Å²) in [4.78, 5) is 2.30. The lowest BCUT2D eigenvalue weighted by atomic mass is 10.1. The molecule has 154 valence electrons. The Morgan fingerprint density at radius 2 is 0.900 bits per heavy atom. The summed E-state index contributed by atoms with van der Waals surface area (Å²) >= 11 is 0. The van der Waals surface area contributed by atoms with Crippen LogP contribution in [0.1, 0.15) is 32.8 Å². The molecular weight excluding hydrogens is 370 g/mol. The lowest BCUT2D eigenvalue weighted by molar-refractivity contribution is 0.866.